The van der Waals surface area contributed by atoms with E-state index in [0.29, 0.717) is 11.6 Å². The van der Waals surface area contributed by atoms with Crippen molar-refractivity contribution in [1.29, 1.82) is 5.26 Å². The van der Waals surface area contributed by atoms with Crippen molar-refractivity contribution in [2.75, 3.05) is 0 Å². The molecule has 0 radical (unpaired) electrons. The fourth-order valence-electron chi connectivity index (χ4n) is 3.03. The van der Waals surface area contributed by atoms with E-state index in [4.69, 9.17) is 4.98 Å². The fourth-order valence-corrected chi connectivity index (χ4v) is 3.03. The van der Waals surface area contributed by atoms with Crippen LogP contribution in [-0.2, 0) is 6.42 Å². The van der Waals surface area contributed by atoms with Crippen LogP contribution in [-0.4, -0.2) is 19.5 Å². The Balaban J connectivity index is 1.97. The molecule has 2 aromatic heterocycles. The van der Waals surface area contributed by atoms with Crippen molar-refractivity contribution >= 4 is 11.0 Å². The summed E-state index contributed by atoms with van der Waals surface area (Å²) in [5.41, 5.74) is 4.69. The SMILES string of the molecule is CCCc1ncncc1-c1nc2ccc(C#N)cc2n1C1CC1. The van der Waals surface area contributed by atoms with Crippen LogP contribution in [0.25, 0.3) is 22.4 Å². The van der Waals surface area contributed by atoms with Crippen LogP contribution in [0, 0.1) is 11.3 Å². The molecule has 0 bridgehead atoms. The molecule has 5 nitrogen and oxygen atoms in total. The molecular weight excluding hydrogens is 286 g/mol. The summed E-state index contributed by atoms with van der Waals surface area (Å²) in [6, 6.07) is 8.38. The van der Waals surface area contributed by atoms with Gasteiger partial charge in [-0.15, -0.1) is 0 Å². The lowest BCUT2D eigenvalue weighted by atomic mass is 10.1. The van der Waals surface area contributed by atoms with E-state index in [9.17, 15) is 5.26 Å². The monoisotopic (exact) mass is 303 g/mol. The van der Waals surface area contributed by atoms with Crippen LogP contribution < -0.4 is 0 Å². The van der Waals surface area contributed by atoms with E-state index in [-0.39, 0.29) is 0 Å². The molecule has 0 N–H and O–H groups in total. The Morgan fingerprint density at radius 1 is 1.35 bits per heavy atom. The first-order valence-electron chi connectivity index (χ1n) is 8.03. The average Bonchev–Trinajstić information content (AvgIpc) is 3.35. The maximum absolute atomic E-state index is 9.18. The van der Waals surface area contributed by atoms with Crippen LogP contribution in [0.5, 0.6) is 0 Å². The van der Waals surface area contributed by atoms with Crippen molar-refractivity contribution in [3.05, 3.63) is 42.0 Å². The van der Waals surface area contributed by atoms with Gasteiger partial charge in [0, 0.05) is 12.2 Å². The van der Waals surface area contributed by atoms with Crippen LogP contribution in [0.1, 0.15) is 43.5 Å². The topological polar surface area (TPSA) is 67.4 Å². The number of rotatable bonds is 4. The van der Waals surface area contributed by atoms with Crippen LogP contribution in [0.2, 0.25) is 0 Å². The van der Waals surface area contributed by atoms with Crippen LogP contribution in [0.3, 0.4) is 0 Å². The highest BCUT2D eigenvalue weighted by Crippen LogP contribution is 2.41. The van der Waals surface area contributed by atoms with Gasteiger partial charge < -0.3 is 4.57 Å². The number of hydrogen-bond donors (Lipinski definition) is 0. The van der Waals surface area contributed by atoms with E-state index >= 15 is 0 Å². The highest BCUT2D eigenvalue weighted by molar-refractivity contribution is 5.82. The second-order valence-corrected chi connectivity index (χ2v) is 5.98. The lowest BCUT2D eigenvalue weighted by molar-refractivity contribution is 0.769. The minimum atomic E-state index is 0.471. The lowest BCUT2D eigenvalue weighted by Crippen LogP contribution is -2.02. The molecule has 114 valence electrons. The summed E-state index contributed by atoms with van der Waals surface area (Å²) in [7, 11) is 0. The number of benzene rings is 1. The van der Waals surface area contributed by atoms with Gasteiger partial charge in [-0.25, -0.2) is 15.0 Å². The number of aryl methyl sites for hydroxylation is 1. The molecule has 0 spiro atoms. The molecule has 0 saturated heterocycles. The number of nitrogens with zero attached hydrogens (tertiary/aromatic N) is 5. The van der Waals surface area contributed by atoms with E-state index < -0.39 is 0 Å². The number of fused-ring (bicyclic) bond motifs is 1. The van der Waals surface area contributed by atoms with Gasteiger partial charge in [0.05, 0.1) is 33.9 Å². The molecule has 1 aromatic carbocycles. The molecule has 5 heteroatoms. The second kappa shape index (κ2) is 5.47. The average molecular weight is 303 g/mol. The first-order valence-corrected chi connectivity index (χ1v) is 8.03. The van der Waals surface area contributed by atoms with Gasteiger partial charge >= 0.3 is 0 Å². The summed E-state index contributed by atoms with van der Waals surface area (Å²) >= 11 is 0. The molecule has 2 heterocycles. The quantitative estimate of drug-likeness (QED) is 0.737. The van der Waals surface area contributed by atoms with Gasteiger partial charge in [0.1, 0.15) is 12.2 Å². The van der Waals surface area contributed by atoms with E-state index in [2.05, 4.69) is 27.5 Å². The molecule has 1 fully saturated rings. The zero-order chi connectivity index (χ0) is 15.8. The van der Waals surface area contributed by atoms with E-state index in [1.54, 1.807) is 6.33 Å². The first-order chi connectivity index (χ1) is 11.3. The van der Waals surface area contributed by atoms with Crippen molar-refractivity contribution in [3.63, 3.8) is 0 Å². The predicted molar refractivity (Wildman–Crippen MR) is 87.7 cm³/mol. The maximum Gasteiger partial charge on any atom is 0.144 e. The third-order valence-corrected chi connectivity index (χ3v) is 4.25. The molecule has 4 rings (SSSR count). The molecule has 0 atom stereocenters. The molecule has 0 aliphatic heterocycles. The van der Waals surface area contributed by atoms with Gasteiger partial charge in [0.15, 0.2) is 0 Å². The van der Waals surface area contributed by atoms with Gasteiger partial charge in [-0.1, -0.05) is 13.3 Å². The molecule has 3 aromatic rings. The van der Waals surface area contributed by atoms with Gasteiger partial charge in [-0.2, -0.15) is 5.26 Å². The van der Waals surface area contributed by atoms with Crippen LogP contribution in [0.15, 0.2) is 30.7 Å². The highest BCUT2D eigenvalue weighted by Gasteiger charge is 2.29. The lowest BCUT2D eigenvalue weighted by Gasteiger charge is -2.10. The predicted octanol–water partition coefficient (Wildman–Crippen LogP) is 3.65. The maximum atomic E-state index is 9.18. The summed E-state index contributed by atoms with van der Waals surface area (Å²) in [6.07, 6.45) is 7.73. The summed E-state index contributed by atoms with van der Waals surface area (Å²) in [4.78, 5) is 13.5. The molecular formula is C18H17N5. The molecule has 1 aliphatic rings. The Hall–Kier alpha value is -2.74. The van der Waals surface area contributed by atoms with Crippen molar-refractivity contribution in [2.24, 2.45) is 0 Å². The first kappa shape index (κ1) is 13.9. The zero-order valence-electron chi connectivity index (χ0n) is 13.0. The van der Waals surface area contributed by atoms with E-state index in [1.165, 1.54) is 0 Å². The largest absolute Gasteiger partial charge is 0.321 e. The molecule has 1 saturated carbocycles. The summed E-state index contributed by atoms with van der Waals surface area (Å²) in [5, 5.41) is 9.18. The standard InChI is InChI=1S/C18H17N5/c1-2-3-15-14(10-20-11-21-15)18-22-16-7-4-12(9-19)8-17(16)23(18)13-5-6-13/h4,7-8,10-11,13H,2-3,5-6H2,1H3. The number of imidazole rings is 1. The summed E-state index contributed by atoms with van der Waals surface area (Å²) < 4.78 is 2.27. The Kier molecular flexibility index (Phi) is 3.30. The normalized spacial score (nSPS) is 14.1. The summed E-state index contributed by atoms with van der Waals surface area (Å²) in [6.45, 7) is 2.15. The van der Waals surface area contributed by atoms with Gasteiger partial charge in [0.2, 0.25) is 0 Å². The van der Waals surface area contributed by atoms with Gasteiger partial charge in [-0.3, -0.25) is 0 Å². The number of hydrogen-bond acceptors (Lipinski definition) is 4. The smallest absolute Gasteiger partial charge is 0.144 e. The minimum Gasteiger partial charge on any atom is -0.321 e. The Morgan fingerprint density at radius 2 is 2.22 bits per heavy atom. The van der Waals surface area contributed by atoms with Crippen molar-refractivity contribution < 1.29 is 0 Å². The molecule has 23 heavy (non-hydrogen) atoms. The minimum absolute atomic E-state index is 0.471. The van der Waals surface area contributed by atoms with Crippen molar-refractivity contribution in [3.8, 4) is 17.5 Å². The molecule has 1 aliphatic carbocycles. The molecule has 0 unspecified atom stereocenters. The third-order valence-electron chi connectivity index (χ3n) is 4.25. The van der Waals surface area contributed by atoms with E-state index in [0.717, 1.165) is 53.8 Å². The van der Waals surface area contributed by atoms with Crippen LogP contribution >= 0.6 is 0 Å². The van der Waals surface area contributed by atoms with E-state index in [1.807, 2.05) is 24.4 Å². The number of nitriles is 1. The highest BCUT2D eigenvalue weighted by atomic mass is 15.1. The van der Waals surface area contributed by atoms with Gasteiger partial charge in [0.25, 0.3) is 0 Å². The Bertz CT molecular complexity index is 915. The third kappa shape index (κ3) is 2.36. The Morgan fingerprint density at radius 3 is 2.96 bits per heavy atom. The molecule has 0 amide bonds. The summed E-state index contributed by atoms with van der Waals surface area (Å²) in [5.74, 6) is 0.932. The fraction of sp³-hybridized carbons (Fsp3) is 0.333. The zero-order valence-corrected chi connectivity index (χ0v) is 13.0. The van der Waals surface area contributed by atoms with Gasteiger partial charge in [-0.05, 0) is 37.5 Å². The number of aromatic nitrogens is 4. The van der Waals surface area contributed by atoms with Crippen molar-refractivity contribution in [1.82, 2.24) is 19.5 Å². The van der Waals surface area contributed by atoms with Crippen LogP contribution in [0.4, 0.5) is 0 Å². The van der Waals surface area contributed by atoms with Crippen molar-refractivity contribution in [2.45, 2.75) is 38.6 Å². The Labute approximate surface area is 134 Å². The second-order valence-electron chi connectivity index (χ2n) is 5.98.